The Hall–Kier alpha value is -1.92. The summed E-state index contributed by atoms with van der Waals surface area (Å²) in [5.74, 6) is 0.00208. The van der Waals surface area contributed by atoms with Gasteiger partial charge in [0.05, 0.1) is 18.3 Å². The molecule has 0 radical (unpaired) electrons. The Kier molecular flexibility index (Phi) is 3.66. The number of H-pyrrole nitrogens is 1. The van der Waals surface area contributed by atoms with E-state index in [9.17, 15) is 4.79 Å². The molecule has 2 heterocycles. The third kappa shape index (κ3) is 2.81. The minimum Gasteiger partial charge on any atom is -0.325 e. The molecule has 1 aliphatic heterocycles. The van der Waals surface area contributed by atoms with Gasteiger partial charge in [-0.3, -0.25) is 9.89 Å². The lowest BCUT2D eigenvalue weighted by molar-refractivity contribution is -0.120. The molecule has 0 bridgehead atoms. The number of aromatic nitrogens is 2. The van der Waals surface area contributed by atoms with Crippen molar-refractivity contribution in [1.29, 1.82) is 0 Å². The Morgan fingerprint density at radius 2 is 2.25 bits per heavy atom. The number of carbonyl (C=O) groups is 1. The van der Waals surface area contributed by atoms with Gasteiger partial charge in [-0.05, 0) is 31.0 Å². The number of nitrogens with one attached hydrogen (secondary N) is 2. The number of hydrogen-bond acceptors (Lipinski definition) is 4. The number of hydrogen-bond donors (Lipinski definition) is 2. The minimum absolute atomic E-state index is 0.00208. The predicted octanol–water partition coefficient (Wildman–Crippen LogP) is 1.44. The van der Waals surface area contributed by atoms with Crippen molar-refractivity contribution in [2.45, 2.75) is 12.8 Å². The number of carbonyl (C=O) groups excluding carboxylic acids is 1. The molecule has 1 saturated heterocycles. The number of fused-ring (bicyclic) bond motifs is 1. The van der Waals surface area contributed by atoms with E-state index in [-0.39, 0.29) is 5.91 Å². The maximum absolute atomic E-state index is 12.1. The van der Waals surface area contributed by atoms with Crippen LogP contribution in [-0.2, 0) is 4.79 Å². The first-order chi connectivity index (χ1) is 9.72. The molecule has 0 spiro atoms. The molecule has 1 aliphatic rings. The van der Waals surface area contributed by atoms with E-state index in [0.717, 1.165) is 29.7 Å². The third-order valence-corrected chi connectivity index (χ3v) is 3.66. The van der Waals surface area contributed by atoms with Crippen LogP contribution in [0.1, 0.15) is 12.8 Å². The lowest BCUT2D eigenvalue weighted by Gasteiger charge is -2.26. The summed E-state index contributed by atoms with van der Waals surface area (Å²) in [6.07, 6.45) is 4.17. The van der Waals surface area contributed by atoms with Gasteiger partial charge in [0.15, 0.2) is 0 Å². The molecule has 2 aromatic rings. The van der Waals surface area contributed by atoms with Crippen molar-refractivity contribution < 1.29 is 4.79 Å². The molecule has 1 aromatic heterocycles. The van der Waals surface area contributed by atoms with Crippen LogP contribution in [0.5, 0.6) is 0 Å². The highest BCUT2D eigenvalue weighted by Gasteiger charge is 2.18. The van der Waals surface area contributed by atoms with Crippen LogP contribution in [-0.4, -0.2) is 52.8 Å². The first-order valence-electron chi connectivity index (χ1n) is 6.91. The Balaban J connectivity index is 1.60. The van der Waals surface area contributed by atoms with Crippen molar-refractivity contribution >= 4 is 22.5 Å². The molecule has 0 unspecified atom stereocenters. The standard InChI is InChI=1S/C14H19N5O/c1-18(19-6-2-3-7-19)10-14(20)16-12-4-5-13-11(8-12)9-15-17-13/h4-5,8-9H,2-3,6-7,10H2,1H3,(H,15,17)(H,16,20). The highest BCUT2D eigenvalue weighted by atomic mass is 16.2. The van der Waals surface area contributed by atoms with Crippen molar-refractivity contribution in [3.05, 3.63) is 24.4 Å². The Bertz CT molecular complexity index is 602. The average molecular weight is 273 g/mol. The van der Waals surface area contributed by atoms with Crippen LogP contribution in [0.15, 0.2) is 24.4 Å². The summed E-state index contributed by atoms with van der Waals surface area (Å²) >= 11 is 0. The quantitative estimate of drug-likeness (QED) is 0.885. The molecule has 0 atom stereocenters. The molecular weight excluding hydrogens is 254 g/mol. The number of hydrazine groups is 1. The van der Waals surface area contributed by atoms with Crippen LogP contribution >= 0.6 is 0 Å². The molecule has 0 saturated carbocycles. The zero-order chi connectivity index (χ0) is 13.9. The van der Waals surface area contributed by atoms with Gasteiger partial charge in [-0.2, -0.15) is 5.10 Å². The largest absolute Gasteiger partial charge is 0.325 e. The van der Waals surface area contributed by atoms with E-state index < -0.39 is 0 Å². The number of nitrogens with zero attached hydrogens (tertiary/aromatic N) is 3. The van der Waals surface area contributed by atoms with E-state index in [0.29, 0.717) is 6.54 Å². The smallest absolute Gasteiger partial charge is 0.240 e. The van der Waals surface area contributed by atoms with Crippen LogP contribution in [0, 0.1) is 0 Å². The molecule has 1 fully saturated rings. The van der Waals surface area contributed by atoms with Crippen molar-refractivity contribution in [2.75, 3.05) is 32.0 Å². The molecule has 6 nitrogen and oxygen atoms in total. The highest BCUT2D eigenvalue weighted by Crippen LogP contribution is 2.16. The van der Waals surface area contributed by atoms with Crippen molar-refractivity contribution in [3.8, 4) is 0 Å². The molecule has 20 heavy (non-hydrogen) atoms. The van der Waals surface area contributed by atoms with E-state index in [1.54, 1.807) is 6.20 Å². The van der Waals surface area contributed by atoms with Gasteiger partial charge < -0.3 is 5.32 Å². The predicted molar refractivity (Wildman–Crippen MR) is 78.2 cm³/mol. The average Bonchev–Trinajstić information content (AvgIpc) is 3.09. The topological polar surface area (TPSA) is 64.3 Å². The fourth-order valence-corrected chi connectivity index (χ4v) is 2.57. The van der Waals surface area contributed by atoms with Crippen LogP contribution in [0.4, 0.5) is 5.69 Å². The maximum Gasteiger partial charge on any atom is 0.240 e. The highest BCUT2D eigenvalue weighted by molar-refractivity contribution is 5.94. The first kappa shape index (κ1) is 13.1. The van der Waals surface area contributed by atoms with Gasteiger partial charge in [0.2, 0.25) is 5.91 Å². The van der Waals surface area contributed by atoms with Crippen molar-refractivity contribution in [3.63, 3.8) is 0 Å². The molecular formula is C14H19N5O. The summed E-state index contributed by atoms with van der Waals surface area (Å²) in [5.41, 5.74) is 1.77. The van der Waals surface area contributed by atoms with Crippen LogP contribution in [0.2, 0.25) is 0 Å². The van der Waals surface area contributed by atoms with Gasteiger partial charge in [-0.15, -0.1) is 0 Å². The summed E-state index contributed by atoms with van der Waals surface area (Å²) in [6, 6.07) is 5.73. The number of rotatable bonds is 4. The SMILES string of the molecule is CN(CC(=O)Nc1ccc2[nH]ncc2c1)N1CCCC1. The van der Waals surface area contributed by atoms with Crippen LogP contribution < -0.4 is 5.32 Å². The summed E-state index contributed by atoms with van der Waals surface area (Å²) in [5, 5.41) is 15.0. The number of aromatic amines is 1. The second-order valence-electron chi connectivity index (χ2n) is 5.20. The number of anilines is 1. The van der Waals surface area contributed by atoms with Gasteiger partial charge in [-0.25, -0.2) is 10.0 Å². The second kappa shape index (κ2) is 5.60. The van der Waals surface area contributed by atoms with E-state index in [1.807, 2.05) is 30.3 Å². The Labute approximate surface area is 117 Å². The number of benzene rings is 1. The van der Waals surface area contributed by atoms with E-state index >= 15 is 0 Å². The summed E-state index contributed by atoms with van der Waals surface area (Å²) in [6.45, 7) is 2.47. The van der Waals surface area contributed by atoms with E-state index in [2.05, 4.69) is 20.5 Å². The van der Waals surface area contributed by atoms with E-state index in [4.69, 9.17) is 0 Å². The number of amides is 1. The Morgan fingerprint density at radius 1 is 1.45 bits per heavy atom. The fraction of sp³-hybridized carbons (Fsp3) is 0.429. The van der Waals surface area contributed by atoms with E-state index in [1.165, 1.54) is 12.8 Å². The molecule has 1 amide bonds. The van der Waals surface area contributed by atoms with Gasteiger partial charge in [0.1, 0.15) is 0 Å². The maximum atomic E-state index is 12.1. The normalized spacial score (nSPS) is 16.1. The van der Waals surface area contributed by atoms with Gasteiger partial charge in [0, 0.05) is 31.2 Å². The van der Waals surface area contributed by atoms with Gasteiger partial charge in [-0.1, -0.05) is 0 Å². The lowest BCUT2D eigenvalue weighted by atomic mass is 10.2. The monoisotopic (exact) mass is 273 g/mol. The molecule has 3 rings (SSSR count). The summed E-state index contributed by atoms with van der Waals surface area (Å²) < 4.78 is 0. The third-order valence-electron chi connectivity index (χ3n) is 3.66. The second-order valence-corrected chi connectivity index (χ2v) is 5.20. The molecule has 6 heteroatoms. The summed E-state index contributed by atoms with van der Waals surface area (Å²) in [4.78, 5) is 12.1. The van der Waals surface area contributed by atoms with Crippen LogP contribution in [0.3, 0.4) is 0 Å². The van der Waals surface area contributed by atoms with Gasteiger partial charge >= 0.3 is 0 Å². The Morgan fingerprint density at radius 3 is 3.05 bits per heavy atom. The van der Waals surface area contributed by atoms with Crippen molar-refractivity contribution in [1.82, 2.24) is 20.2 Å². The zero-order valence-electron chi connectivity index (χ0n) is 11.6. The number of likely N-dealkylation sites (N-methyl/N-ethyl adjacent to an activating group) is 1. The minimum atomic E-state index is 0.00208. The van der Waals surface area contributed by atoms with Gasteiger partial charge in [0.25, 0.3) is 0 Å². The molecule has 2 N–H and O–H groups in total. The molecule has 1 aromatic carbocycles. The fourth-order valence-electron chi connectivity index (χ4n) is 2.57. The van der Waals surface area contributed by atoms with Crippen LogP contribution in [0.25, 0.3) is 10.9 Å². The summed E-state index contributed by atoms with van der Waals surface area (Å²) in [7, 11) is 1.96. The zero-order valence-corrected chi connectivity index (χ0v) is 11.6. The molecule has 0 aliphatic carbocycles. The molecule has 106 valence electrons. The van der Waals surface area contributed by atoms with Crippen molar-refractivity contribution in [2.24, 2.45) is 0 Å². The lowest BCUT2D eigenvalue weighted by Crippen LogP contribution is -2.42. The first-order valence-corrected chi connectivity index (χ1v) is 6.91.